The summed E-state index contributed by atoms with van der Waals surface area (Å²) in [6.45, 7) is 4.41. The zero-order valence-corrected chi connectivity index (χ0v) is 15.9. The summed E-state index contributed by atoms with van der Waals surface area (Å²) in [5.41, 5.74) is 0.200. The van der Waals surface area contributed by atoms with Gasteiger partial charge in [-0.2, -0.15) is 18.3 Å². The maximum Gasteiger partial charge on any atom is 0.416 e. The molecular formula is C18H20F3N5O3. The van der Waals surface area contributed by atoms with Gasteiger partial charge in [0.1, 0.15) is 17.9 Å². The number of nitro groups is 1. The highest BCUT2D eigenvalue weighted by Crippen LogP contribution is 2.32. The molecule has 1 fully saturated rings. The lowest BCUT2D eigenvalue weighted by Crippen LogP contribution is -2.49. The van der Waals surface area contributed by atoms with Crippen molar-refractivity contribution in [2.24, 2.45) is 0 Å². The van der Waals surface area contributed by atoms with Crippen molar-refractivity contribution in [1.29, 1.82) is 0 Å². The first-order valence-corrected chi connectivity index (χ1v) is 8.96. The van der Waals surface area contributed by atoms with Gasteiger partial charge in [0.05, 0.1) is 10.5 Å². The molecule has 0 radical (unpaired) electrons. The number of aryl methyl sites for hydroxylation is 1. The Morgan fingerprint density at radius 1 is 1.21 bits per heavy atom. The molecular weight excluding hydrogens is 391 g/mol. The minimum Gasteiger partial charge on any atom is -0.368 e. The Kier molecular flexibility index (Phi) is 5.49. The lowest BCUT2D eigenvalue weighted by atomic mass is 10.1. The molecule has 29 heavy (non-hydrogen) atoms. The molecule has 0 bridgehead atoms. The molecule has 1 amide bonds. The number of aromatic nitrogens is 2. The van der Waals surface area contributed by atoms with E-state index in [0.717, 1.165) is 12.1 Å². The van der Waals surface area contributed by atoms with Gasteiger partial charge in [-0.15, -0.1) is 0 Å². The first-order chi connectivity index (χ1) is 13.6. The lowest BCUT2D eigenvalue weighted by molar-refractivity contribution is -0.386. The topological polar surface area (TPSA) is 84.5 Å². The summed E-state index contributed by atoms with van der Waals surface area (Å²) in [6.07, 6.45) is -4.41. The standard InChI is InChI=1S/C18H20F3N5O3/c1-12-17(26(28)29)13(2)25(22-12)11-16(27)24-8-6-23(7-9-24)15-5-3-4-14(10-15)18(19,20)21/h3-5,10H,6-9,11H2,1-2H3. The monoisotopic (exact) mass is 411 g/mol. The molecule has 11 heteroatoms. The van der Waals surface area contributed by atoms with Crippen LogP contribution in [0.1, 0.15) is 17.0 Å². The van der Waals surface area contributed by atoms with Gasteiger partial charge in [-0.3, -0.25) is 19.6 Å². The van der Waals surface area contributed by atoms with Crippen LogP contribution in [0.3, 0.4) is 0 Å². The number of piperazine rings is 1. The Hall–Kier alpha value is -3.11. The highest BCUT2D eigenvalue weighted by molar-refractivity contribution is 5.76. The summed E-state index contributed by atoms with van der Waals surface area (Å²) >= 11 is 0. The number of anilines is 1. The van der Waals surface area contributed by atoms with Gasteiger partial charge in [0.2, 0.25) is 5.91 Å². The number of benzene rings is 1. The third kappa shape index (κ3) is 4.33. The van der Waals surface area contributed by atoms with Crippen molar-refractivity contribution in [2.45, 2.75) is 26.6 Å². The van der Waals surface area contributed by atoms with Crippen LogP contribution in [0, 0.1) is 24.0 Å². The van der Waals surface area contributed by atoms with Crippen LogP contribution in [0.4, 0.5) is 24.5 Å². The Balaban J connectivity index is 1.63. The molecule has 0 N–H and O–H groups in total. The molecule has 0 aliphatic carbocycles. The summed E-state index contributed by atoms with van der Waals surface area (Å²) in [7, 11) is 0. The van der Waals surface area contributed by atoms with Crippen LogP contribution in [-0.4, -0.2) is 51.7 Å². The minimum absolute atomic E-state index is 0.104. The zero-order chi connectivity index (χ0) is 21.3. The van der Waals surface area contributed by atoms with Crippen molar-refractivity contribution in [3.8, 4) is 0 Å². The number of carbonyl (C=O) groups excluding carboxylic acids is 1. The van der Waals surface area contributed by atoms with Crippen molar-refractivity contribution in [3.05, 3.63) is 51.3 Å². The van der Waals surface area contributed by atoms with Crippen LogP contribution in [0.15, 0.2) is 24.3 Å². The van der Waals surface area contributed by atoms with E-state index in [9.17, 15) is 28.1 Å². The first-order valence-electron chi connectivity index (χ1n) is 8.96. The molecule has 0 atom stereocenters. The van der Waals surface area contributed by atoms with Crippen LogP contribution < -0.4 is 4.90 Å². The highest BCUT2D eigenvalue weighted by Gasteiger charge is 2.31. The molecule has 1 aliphatic heterocycles. The van der Waals surface area contributed by atoms with Gasteiger partial charge in [-0.25, -0.2) is 0 Å². The predicted molar refractivity (Wildman–Crippen MR) is 98.6 cm³/mol. The van der Waals surface area contributed by atoms with Gasteiger partial charge in [0, 0.05) is 31.9 Å². The van der Waals surface area contributed by atoms with E-state index >= 15 is 0 Å². The fraction of sp³-hybridized carbons (Fsp3) is 0.444. The maximum absolute atomic E-state index is 12.9. The SMILES string of the molecule is Cc1nn(CC(=O)N2CCN(c3cccc(C(F)(F)F)c3)CC2)c(C)c1[N+](=O)[O-]. The summed E-state index contributed by atoms with van der Waals surface area (Å²) in [5, 5.41) is 15.2. The number of amides is 1. The van der Waals surface area contributed by atoms with Crippen LogP contribution in [0.25, 0.3) is 0 Å². The van der Waals surface area contributed by atoms with Crippen molar-refractivity contribution < 1.29 is 22.9 Å². The average Bonchev–Trinajstić information content (AvgIpc) is 2.94. The van der Waals surface area contributed by atoms with E-state index in [-0.39, 0.29) is 23.8 Å². The fourth-order valence-corrected chi connectivity index (χ4v) is 3.43. The van der Waals surface area contributed by atoms with Crippen LogP contribution in [0.2, 0.25) is 0 Å². The second kappa shape index (κ2) is 7.72. The van der Waals surface area contributed by atoms with E-state index < -0.39 is 16.7 Å². The molecule has 0 saturated carbocycles. The first kappa shape index (κ1) is 20.6. The summed E-state index contributed by atoms with van der Waals surface area (Å²) in [6, 6.07) is 5.11. The zero-order valence-electron chi connectivity index (χ0n) is 15.9. The van der Waals surface area contributed by atoms with E-state index in [1.165, 1.54) is 24.6 Å². The molecule has 1 aromatic carbocycles. The number of rotatable bonds is 4. The number of carbonyl (C=O) groups is 1. The predicted octanol–water partition coefficient (Wildman–Crippen LogP) is 2.78. The maximum atomic E-state index is 12.9. The smallest absolute Gasteiger partial charge is 0.368 e. The Bertz CT molecular complexity index is 933. The molecule has 2 heterocycles. The summed E-state index contributed by atoms with van der Waals surface area (Å²) < 4.78 is 40.0. The minimum atomic E-state index is -4.41. The summed E-state index contributed by atoms with van der Waals surface area (Å²) in [4.78, 5) is 26.5. The van der Waals surface area contributed by atoms with E-state index in [4.69, 9.17) is 0 Å². The Morgan fingerprint density at radius 2 is 1.86 bits per heavy atom. The molecule has 1 aromatic heterocycles. The third-order valence-electron chi connectivity index (χ3n) is 4.98. The van der Waals surface area contributed by atoms with Gasteiger partial charge in [0.25, 0.3) is 0 Å². The van der Waals surface area contributed by atoms with Crippen molar-refractivity contribution in [1.82, 2.24) is 14.7 Å². The van der Waals surface area contributed by atoms with Gasteiger partial charge in [-0.1, -0.05) is 6.07 Å². The Labute approximate surface area is 164 Å². The van der Waals surface area contributed by atoms with E-state index in [2.05, 4.69) is 5.10 Å². The molecule has 3 rings (SSSR count). The lowest BCUT2D eigenvalue weighted by Gasteiger charge is -2.36. The van der Waals surface area contributed by atoms with E-state index in [1.807, 2.05) is 0 Å². The number of halogens is 3. The number of nitrogens with zero attached hydrogens (tertiary/aromatic N) is 5. The molecule has 0 unspecified atom stereocenters. The molecule has 1 saturated heterocycles. The third-order valence-corrected chi connectivity index (χ3v) is 4.98. The van der Waals surface area contributed by atoms with Gasteiger partial charge >= 0.3 is 11.9 Å². The molecule has 1 aliphatic rings. The van der Waals surface area contributed by atoms with Crippen LogP contribution in [-0.2, 0) is 17.5 Å². The number of hydrogen-bond donors (Lipinski definition) is 0. The van der Waals surface area contributed by atoms with Crippen LogP contribution in [0.5, 0.6) is 0 Å². The van der Waals surface area contributed by atoms with Crippen molar-refractivity contribution in [3.63, 3.8) is 0 Å². The number of alkyl halides is 3. The van der Waals surface area contributed by atoms with E-state index in [1.54, 1.807) is 15.9 Å². The molecule has 0 spiro atoms. The average molecular weight is 411 g/mol. The van der Waals surface area contributed by atoms with Gasteiger partial charge in [-0.05, 0) is 32.0 Å². The summed E-state index contributed by atoms with van der Waals surface area (Å²) in [5.74, 6) is -0.241. The second-order valence-electron chi connectivity index (χ2n) is 6.85. The Morgan fingerprint density at radius 3 is 2.41 bits per heavy atom. The van der Waals surface area contributed by atoms with Crippen molar-refractivity contribution >= 4 is 17.3 Å². The highest BCUT2D eigenvalue weighted by atomic mass is 19.4. The normalized spacial score (nSPS) is 14.9. The van der Waals surface area contributed by atoms with E-state index in [0.29, 0.717) is 37.6 Å². The quantitative estimate of drug-likeness (QED) is 0.571. The second-order valence-corrected chi connectivity index (χ2v) is 6.85. The fourth-order valence-electron chi connectivity index (χ4n) is 3.43. The van der Waals surface area contributed by atoms with Gasteiger partial charge < -0.3 is 9.80 Å². The molecule has 2 aromatic rings. The van der Waals surface area contributed by atoms with Crippen LogP contribution >= 0.6 is 0 Å². The number of hydrogen-bond acceptors (Lipinski definition) is 5. The van der Waals surface area contributed by atoms with Gasteiger partial charge in [0.15, 0.2) is 0 Å². The molecule has 156 valence electrons. The van der Waals surface area contributed by atoms with Crippen molar-refractivity contribution in [2.75, 3.05) is 31.1 Å². The molecule has 8 nitrogen and oxygen atoms in total. The largest absolute Gasteiger partial charge is 0.416 e.